The fourth-order valence-corrected chi connectivity index (χ4v) is 5.37. The average molecular weight is 587 g/mol. The summed E-state index contributed by atoms with van der Waals surface area (Å²) < 4.78 is 35.4. The number of H-pyrrole nitrogens is 1. The third-order valence-electron chi connectivity index (χ3n) is 6.32. The van der Waals surface area contributed by atoms with Crippen LogP contribution in [0.2, 0.25) is 0 Å². The van der Waals surface area contributed by atoms with Gasteiger partial charge in [0.1, 0.15) is 42.4 Å². The maximum Gasteiger partial charge on any atom is 0.351 e. The number of imidazole rings is 1. The molecule has 2 saturated heterocycles. The third-order valence-corrected chi connectivity index (χ3v) is 7.29. The number of hydrogen-bond donors (Lipinski definition) is 7. The zero-order valence-corrected chi connectivity index (χ0v) is 21.1. The van der Waals surface area contributed by atoms with Gasteiger partial charge in [0, 0.05) is 6.20 Å². The molecule has 2 aliphatic heterocycles. The number of nitrogen functional groups attached to an aromatic ring is 2. The number of phosphoric acid groups is 1. The molecule has 3 aromatic rings. The first-order valence-electron chi connectivity index (χ1n) is 11.6. The summed E-state index contributed by atoms with van der Waals surface area (Å²) in [5.41, 5.74) is 9.23. The second-order valence-corrected chi connectivity index (χ2v) is 10.3. The fraction of sp³-hybridized carbons (Fsp3) is 0.526. The highest BCUT2D eigenvalue weighted by molar-refractivity contribution is 7.45. The minimum atomic E-state index is -5.29. The molecule has 2 fully saturated rings. The van der Waals surface area contributed by atoms with Crippen LogP contribution in [0.15, 0.2) is 28.2 Å². The molecule has 9 N–H and O–H groups in total. The summed E-state index contributed by atoms with van der Waals surface area (Å²) in [6, 6.07) is 1.25. The van der Waals surface area contributed by atoms with E-state index in [0.29, 0.717) is 0 Å². The van der Waals surface area contributed by atoms with Crippen LogP contribution < -0.4 is 27.6 Å². The fourth-order valence-electron chi connectivity index (χ4n) is 4.42. The van der Waals surface area contributed by atoms with Gasteiger partial charge in [-0.05, 0) is 6.07 Å². The second kappa shape index (κ2) is 10.6. The lowest BCUT2D eigenvalue weighted by Crippen LogP contribution is -2.38. The number of anilines is 2. The molecule has 0 saturated carbocycles. The van der Waals surface area contributed by atoms with Crippen molar-refractivity contribution in [2.24, 2.45) is 0 Å². The number of aromatic amines is 1. The van der Waals surface area contributed by atoms with Crippen molar-refractivity contribution in [2.75, 3.05) is 24.7 Å². The Morgan fingerprint density at radius 3 is 2.48 bits per heavy atom. The van der Waals surface area contributed by atoms with Crippen molar-refractivity contribution < 1.29 is 48.4 Å². The highest BCUT2D eigenvalue weighted by Gasteiger charge is 2.48. The molecule has 0 spiro atoms. The summed E-state index contributed by atoms with van der Waals surface area (Å²) in [7, 11) is -5.29. The number of nitrogens with one attached hydrogen (secondary N) is 1. The number of phosphoric ester groups is 1. The summed E-state index contributed by atoms with van der Waals surface area (Å²) >= 11 is 0. The zero-order valence-electron chi connectivity index (χ0n) is 20.2. The highest BCUT2D eigenvalue weighted by Crippen LogP contribution is 2.46. The molecule has 2 aliphatic rings. The van der Waals surface area contributed by atoms with Crippen molar-refractivity contribution in [3.8, 4) is 0 Å². The standard InChI is InChI=1S/C19H25N8O12P/c20-8-1-2-26(19(33)23-8)16-11(30)10(29)7(38-16)4-36-40(34,35)39-13-6(3-28)37-17(12(13)31)27-5-22-9-14(27)24-18(21)25-15(9)32/h1-2,5-7,10-13,16-17,28-31H,3-4H2,(H,34,35)(H2,20,23,33)(H3,21,24,25,32)/p-1/t6-,7-,10-,11-,12-,13-,16-,17-/m1/s1. The minimum Gasteiger partial charge on any atom is -0.756 e. The summed E-state index contributed by atoms with van der Waals surface area (Å²) in [6.07, 6.45) is -10.1. The zero-order chi connectivity index (χ0) is 28.9. The van der Waals surface area contributed by atoms with E-state index >= 15 is 0 Å². The maximum atomic E-state index is 12.6. The van der Waals surface area contributed by atoms with Crippen LogP contribution in [0.3, 0.4) is 0 Å². The molecule has 0 radical (unpaired) electrons. The molecule has 1 unspecified atom stereocenters. The highest BCUT2D eigenvalue weighted by atomic mass is 31.2. The lowest BCUT2D eigenvalue weighted by Gasteiger charge is -2.30. The summed E-state index contributed by atoms with van der Waals surface area (Å²) in [4.78, 5) is 50.3. The molecule has 0 aliphatic carbocycles. The van der Waals surface area contributed by atoms with Crippen LogP contribution >= 0.6 is 7.82 Å². The predicted octanol–water partition coefficient (Wildman–Crippen LogP) is -4.72. The third kappa shape index (κ3) is 5.12. The normalized spacial score (nSPS) is 32.0. The number of aromatic nitrogens is 6. The number of aliphatic hydroxyl groups excluding tert-OH is 4. The van der Waals surface area contributed by atoms with E-state index in [1.807, 2.05) is 0 Å². The van der Waals surface area contributed by atoms with Crippen molar-refractivity contribution >= 4 is 30.8 Å². The molecule has 9 atom stereocenters. The van der Waals surface area contributed by atoms with Crippen LogP contribution in [0.5, 0.6) is 0 Å². The number of nitrogens with zero attached hydrogens (tertiary/aromatic N) is 5. The Balaban J connectivity index is 1.28. The topological polar surface area (TPSA) is 308 Å². The monoisotopic (exact) mass is 587 g/mol. The van der Waals surface area contributed by atoms with E-state index in [0.717, 1.165) is 15.5 Å². The number of nitrogens with two attached hydrogens (primary N) is 2. The molecule has 0 aromatic carbocycles. The SMILES string of the molecule is Nc1ccn([C@@H]2O[C@H](COP(=O)([O-])O[C@H]3[C@@H](O)[C@H](n4cnc5c(=O)[nH]c(N)nc54)O[C@@H]3CO)[C@@H](O)[C@H]2O)c(=O)n1. The maximum absolute atomic E-state index is 12.6. The molecule has 5 heterocycles. The Labute approximate surface area is 222 Å². The molecule has 40 heavy (non-hydrogen) atoms. The van der Waals surface area contributed by atoms with Gasteiger partial charge in [-0.3, -0.25) is 23.5 Å². The van der Waals surface area contributed by atoms with Gasteiger partial charge < -0.3 is 55.3 Å². The Bertz CT molecular complexity index is 1560. The van der Waals surface area contributed by atoms with Gasteiger partial charge in [0.15, 0.2) is 23.6 Å². The van der Waals surface area contributed by atoms with E-state index in [1.165, 1.54) is 12.3 Å². The Kier molecular flexibility index (Phi) is 7.48. The number of aliphatic hydroxyl groups is 4. The molecule has 20 nitrogen and oxygen atoms in total. The van der Waals surface area contributed by atoms with Crippen LogP contribution in [-0.4, -0.2) is 99.3 Å². The summed E-state index contributed by atoms with van der Waals surface area (Å²) in [6.45, 7) is -1.65. The van der Waals surface area contributed by atoms with Crippen molar-refractivity contribution in [1.29, 1.82) is 0 Å². The Hall–Kier alpha value is -3.30. The number of rotatable bonds is 8. The predicted molar refractivity (Wildman–Crippen MR) is 127 cm³/mol. The largest absolute Gasteiger partial charge is 0.756 e. The molecule has 5 rings (SSSR count). The van der Waals surface area contributed by atoms with E-state index in [9.17, 15) is 39.5 Å². The van der Waals surface area contributed by atoms with Crippen molar-refractivity contribution in [2.45, 2.75) is 49.1 Å². The number of fused-ring (bicyclic) bond motifs is 1. The first-order chi connectivity index (χ1) is 18.9. The Morgan fingerprint density at radius 2 is 1.77 bits per heavy atom. The average Bonchev–Trinajstić information content (AvgIpc) is 3.53. The summed E-state index contributed by atoms with van der Waals surface area (Å²) in [5.74, 6) is -0.340. The van der Waals surface area contributed by atoms with E-state index < -0.39 is 81.4 Å². The molecule has 0 bridgehead atoms. The molecule has 0 amide bonds. The molecule has 218 valence electrons. The van der Waals surface area contributed by atoms with Gasteiger partial charge in [0.2, 0.25) is 5.95 Å². The molecular weight excluding hydrogens is 563 g/mol. The molecule has 3 aromatic heterocycles. The van der Waals surface area contributed by atoms with Gasteiger partial charge in [-0.1, -0.05) is 0 Å². The number of ether oxygens (including phenoxy) is 2. The van der Waals surface area contributed by atoms with Gasteiger partial charge in [0.25, 0.3) is 13.4 Å². The molecule has 21 heteroatoms. The van der Waals surface area contributed by atoms with E-state index in [4.69, 9.17) is 30.0 Å². The molecular formula is C19H24N8O12P-. The lowest BCUT2D eigenvalue weighted by atomic mass is 10.1. The van der Waals surface area contributed by atoms with Gasteiger partial charge in [-0.25, -0.2) is 9.78 Å². The van der Waals surface area contributed by atoms with Gasteiger partial charge in [-0.2, -0.15) is 9.97 Å². The Morgan fingerprint density at radius 1 is 1.07 bits per heavy atom. The van der Waals surface area contributed by atoms with Crippen molar-refractivity contribution in [3.63, 3.8) is 0 Å². The van der Waals surface area contributed by atoms with Gasteiger partial charge in [0.05, 0.1) is 19.5 Å². The number of hydrogen-bond acceptors (Lipinski definition) is 17. The van der Waals surface area contributed by atoms with Crippen molar-refractivity contribution in [1.82, 2.24) is 29.1 Å². The first kappa shape index (κ1) is 28.2. The first-order valence-corrected chi connectivity index (χ1v) is 13.0. The van der Waals surface area contributed by atoms with Crippen LogP contribution in [0.4, 0.5) is 11.8 Å². The lowest BCUT2D eigenvalue weighted by molar-refractivity contribution is -0.236. The smallest absolute Gasteiger partial charge is 0.351 e. The van der Waals surface area contributed by atoms with E-state index in [-0.39, 0.29) is 22.9 Å². The van der Waals surface area contributed by atoms with Crippen molar-refractivity contribution in [3.05, 3.63) is 39.4 Å². The van der Waals surface area contributed by atoms with E-state index in [2.05, 4.69) is 19.9 Å². The van der Waals surface area contributed by atoms with E-state index in [1.54, 1.807) is 0 Å². The van der Waals surface area contributed by atoms with Crippen LogP contribution in [0.1, 0.15) is 12.5 Å². The van der Waals surface area contributed by atoms with Crippen LogP contribution in [0, 0.1) is 0 Å². The summed E-state index contributed by atoms with van der Waals surface area (Å²) in [5, 5.41) is 41.2. The second-order valence-electron chi connectivity index (χ2n) is 8.92. The minimum absolute atomic E-state index is 0.0833. The van der Waals surface area contributed by atoms with Crippen LogP contribution in [-0.2, 0) is 23.1 Å². The quantitative estimate of drug-likeness (QED) is 0.122. The van der Waals surface area contributed by atoms with Gasteiger partial charge in [-0.15, -0.1) is 0 Å². The van der Waals surface area contributed by atoms with Gasteiger partial charge >= 0.3 is 5.69 Å². The van der Waals surface area contributed by atoms with Crippen LogP contribution in [0.25, 0.3) is 11.2 Å².